The van der Waals surface area contributed by atoms with Gasteiger partial charge in [0.1, 0.15) is 20.4 Å². The number of nitrogens with one attached hydrogen (secondary N) is 1. The lowest BCUT2D eigenvalue weighted by atomic mass is 9.97. The second kappa shape index (κ2) is 9.77. The third-order valence-corrected chi connectivity index (χ3v) is 7.52. The van der Waals surface area contributed by atoms with Crippen LogP contribution in [0.25, 0.3) is 21.3 Å². The molecule has 11 heteroatoms. The van der Waals surface area contributed by atoms with Crippen molar-refractivity contribution >= 4 is 50.6 Å². The van der Waals surface area contributed by atoms with E-state index in [1.54, 1.807) is 23.0 Å². The number of pyridine rings is 1. The molecule has 3 N–H and O–H groups in total. The number of thiophene rings is 1. The first-order chi connectivity index (χ1) is 18.0. The molecule has 0 spiro atoms. The van der Waals surface area contributed by atoms with Gasteiger partial charge in [-0.05, 0) is 47.7 Å². The van der Waals surface area contributed by atoms with Crippen LogP contribution in [0.5, 0.6) is 0 Å². The summed E-state index contributed by atoms with van der Waals surface area (Å²) in [6, 6.07) is 15.9. The Kier molecular flexibility index (Phi) is 6.62. The molecule has 5 aromatic rings. The van der Waals surface area contributed by atoms with Crippen LogP contribution >= 0.6 is 22.9 Å². The maximum absolute atomic E-state index is 13.7. The number of amides is 1. The topological polar surface area (TPSA) is 85.8 Å². The van der Waals surface area contributed by atoms with E-state index in [0.717, 1.165) is 34.1 Å². The molecule has 0 aliphatic rings. The highest BCUT2D eigenvalue weighted by molar-refractivity contribution is 7.21. The van der Waals surface area contributed by atoms with Gasteiger partial charge < -0.3 is 11.1 Å². The van der Waals surface area contributed by atoms with Gasteiger partial charge in [0.15, 0.2) is 5.82 Å². The monoisotopic (exact) mass is 555 g/mol. The molecule has 6 nitrogen and oxygen atoms in total. The molecular weight excluding hydrogens is 535 g/mol. The van der Waals surface area contributed by atoms with Crippen LogP contribution in [-0.4, -0.2) is 20.7 Å². The quantitative estimate of drug-likeness (QED) is 0.238. The Labute approximate surface area is 224 Å². The van der Waals surface area contributed by atoms with Gasteiger partial charge in [-0.15, -0.1) is 11.3 Å². The average molecular weight is 556 g/mol. The van der Waals surface area contributed by atoms with E-state index < -0.39 is 17.8 Å². The molecule has 2 aromatic carbocycles. The number of aromatic nitrogens is 3. The molecule has 0 fully saturated rings. The Hall–Kier alpha value is -3.89. The molecular formula is C27H21ClF3N5OS. The first-order valence-corrected chi connectivity index (χ1v) is 12.7. The number of rotatable bonds is 5. The van der Waals surface area contributed by atoms with Crippen LogP contribution in [0.15, 0.2) is 60.8 Å². The van der Waals surface area contributed by atoms with E-state index in [0.29, 0.717) is 12.1 Å². The molecule has 0 atom stereocenters. The molecule has 0 unspecified atom stereocenters. The van der Waals surface area contributed by atoms with Crippen molar-refractivity contribution in [2.75, 3.05) is 11.1 Å². The molecule has 1 amide bonds. The minimum Gasteiger partial charge on any atom is -0.397 e. The van der Waals surface area contributed by atoms with Crippen molar-refractivity contribution in [2.24, 2.45) is 0 Å². The van der Waals surface area contributed by atoms with Crippen molar-refractivity contribution in [3.8, 4) is 11.1 Å². The first-order valence-electron chi connectivity index (χ1n) is 11.5. The Morgan fingerprint density at radius 1 is 1.11 bits per heavy atom. The van der Waals surface area contributed by atoms with Crippen LogP contribution in [0.3, 0.4) is 0 Å². The minimum absolute atomic E-state index is 0.0106. The first kappa shape index (κ1) is 25.7. The Balaban J connectivity index is 1.54. The van der Waals surface area contributed by atoms with Gasteiger partial charge in [-0.1, -0.05) is 60.1 Å². The fourth-order valence-corrected chi connectivity index (χ4v) is 5.28. The second-order valence-electron chi connectivity index (χ2n) is 8.84. The number of benzene rings is 2. The van der Waals surface area contributed by atoms with E-state index >= 15 is 0 Å². The lowest BCUT2D eigenvalue weighted by Crippen LogP contribution is -2.13. The zero-order valence-corrected chi connectivity index (χ0v) is 21.8. The number of nitrogen functional groups attached to an aromatic ring is 1. The van der Waals surface area contributed by atoms with E-state index in [-0.39, 0.29) is 37.2 Å². The van der Waals surface area contributed by atoms with Gasteiger partial charge in [0.2, 0.25) is 0 Å². The summed E-state index contributed by atoms with van der Waals surface area (Å²) < 4.78 is 42.7. The van der Waals surface area contributed by atoms with Gasteiger partial charge in [0.25, 0.3) is 5.91 Å². The van der Waals surface area contributed by atoms with Crippen molar-refractivity contribution in [1.29, 1.82) is 0 Å². The number of carbonyl (C=O) groups excluding carboxylic acids is 1. The molecule has 3 heterocycles. The summed E-state index contributed by atoms with van der Waals surface area (Å²) in [5.74, 6) is -0.528. The maximum Gasteiger partial charge on any atom is 0.433 e. The molecule has 0 aliphatic heterocycles. The number of nitrogens with zero attached hydrogens (tertiary/aromatic N) is 3. The van der Waals surface area contributed by atoms with Crippen molar-refractivity contribution in [1.82, 2.24) is 14.8 Å². The van der Waals surface area contributed by atoms with Crippen molar-refractivity contribution < 1.29 is 18.0 Å². The van der Waals surface area contributed by atoms with E-state index in [1.807, 2.05) is 50.2 Å². The Morgan fingerprint density at radius 2 is 1.84 bits per heavy atom. The van der Waals surface area contributed by atoms with Crippen LogP contribution in [-0.2, 0) is 12.7 Å². The smallest absolute Gasteiger partial charge is 0.397 e. The molecule has 3 aromatic heterocycles. The third-order valence-electron chi connectivity index (χ3n) is 6.15. The number of carbonyl (C=O) groups is 1. The third kappa shape index (κ3) is 4.97. The number of halogens is 4. The molecule has 0 saturated heterocycles. The highest BCUT2D eigenvalue weighted by Crippen LogP contribution is 2.43. The highest BCUT2D eigenvalue weighted by atomic mass is 35.5. The summed E-state index contributed by atoms with van der Waals surface area (Å²) in [7, 11) is 0. The molecule has 0 aliphatic carbocycles. The largest absolute Gasteiger partial charge is 0.433 e. The predicted molar refractivity (Wildman–Crippen MR) is 145 cm³/mol. The SMILES string of the molecule is Cc1ccc(-c2cc(C(F)(F)F)nc3sc(C(=O)Nc4nn(Cc5ccccc5)cc4Cl)c(N)c23)cc1C. The second-order valence-corrected chi connectivity index (χ2v) is 10.2. The fraction of sp³-hybridized carbons (Fsp3) is 0.148. The van der Waals surface area contributed by atoms with E-state index in [1.165, 1.54) is 0 Å². The lowest BCUT2D eigenvalue weighted by Gasteiger charge is -2.12. The van der Waals surface area contributed by atoms with Crippen LogP contribution in [0.2, 0.25) is 5.02 Å². The summed E-state index contributed by atoms with van der Waals surface area (Å²) >= 11 is 7.09. The minimum atomic E-state index is -4.68. The number of alkyl halides is 3. The lowest BCUT2D eigenvalue weighted by molar-refractivity contribution is -0.140. The zero-order chi connectivity index (χ0) is 27.2. The normalized spacial score (nSPS) is 11.7. The zero-order valence-electron chi connectivity index (χ0n) is 20.2. The van der Waals surface area contributed by atoms with Gasteiger partial charge >= 0.3 is 6.18 Å². The maximum atomic E-state index is 13.7. The van der Waals surface area contributed by atoms with Crippen LogP contribution in [0.4, 0.5) is 24.7 Å². The van der Waals surface area contributed by atoms with Crippen LogP contribution < -0.4 is 11.1 Å². The molecule has 194 valence electrons. The predicted octanol–water partition coefficient (Wildman–Crippen LogP) is 7.33. The highest BCUT2D eigenvalue weighted by Gasteiger charge is 2.35. The van der Waals surface area contributed by atoms with Gasteiger partial charge in [0.05, 0.1) is 12.2 Å². The Bertz CT molecular complexity index is 1680. The van der Waals surface area contributed by atoms with Gasteiger partial charge in [-0.3, -0.25) is 9.48 Å². The van der Waals surface area contributed by atoms with Crippen molar-refractivity contribution in [3.05, 3.63) is 93.1 Å². The number of hydrogen-bond acceptors (Lipinski definition) is 5. The molecule has 38 heavy (non-hydrogen) atoms. The van der Waals surface area contributed by atoms with Crippen molar-refractivity contribution in [3.63, 3.8) is 0 Å². The van der Waals surface area contributed by atoms with Gasteiger partial charge in [-0.25, -0.2) is 4.98 Å². The number of nitrogens with two attached hydrogens (primary N) is 1. The van der Waals surface area contributed by atoms with E-state index in [4.69, 9.17) is 17.3 Å². The number of anilines is 2. The van der Waals surface area contributed by atoms with Crippen molar-refractivity contribution in [2.45, 2.75) is 26.6 Å². The summed E-state index contributed by atoms with van der Waals surface area (Å²) in [6.07, 6.45) is -3.10. The molecule has 0 bridgehead atoms. The standard InChI is InChI=1S/C27H21ClF3N5OS/c1-14-8-9-17(10-15(14)2)18-11-20(27(29,30)31)33-26-21(18)22(32)23(38-26)25(37)34-24-19(28)13-36(35-24)12-16-6-4-3-5-7-16/h3-11,13H,12,32H2,1-2H3,(H,34,35,37). The van der Waals surface area contributed by atoms with Crippen LogP contribution in [0, 0.1) is 13.8 Å². The summed E-state index contributed by atoms with van der Waals surface area (Å²) in [4.78, 5) is 17.0. The summed E-state index contributed by atoms with van der Waals surface area (Å²) in [6.45, 7) is 4.22. The fourth-order valence-electron chi connectivity index (χ4n) is 4.07. The molecule has 5 rings (SSSR count). The number of fused-ring (bicyclic) bond motifs is 1. The average Bonchev–Trinajstić information content (AvgIpc) is 3.39. The molecule has 0 saturated carbocycles. The molecule has 0 radical (unpaired) electrons. The summed E-state index contributed by atoms with van der Waals surface area (Å²) in [5, 5.41) is 7.47. The summed E-state index contributed by atoms with van der Waals surface area (Å²) in [5.41, 5.74) is 9.05. The van der Waals surface area contributed by atoms with Gasteiger partial charge in [0, 0.05) is 11.6 Å². The van der Waals surface area contributed by atoms with Crippen LogP contribution in [0.1, 0.15) is 32.1 Å². The van der Waals surface area contributed by atoms with E-state index in [9.17, 15) is 18.0 Å². The Morgan fingerprint density at radius 3 is 2.53 bits per heavy atom. The number of aryl methyl sites for hydroxylation is 2. The van der Waals surface area contributed by atoms with Gasteiger partial charge in [-0.2, -0.15) is 18.3 Å². The van der Waals surface area contributed by atoms with E-state index in [2.05, 4.69) is 15.4 Å². The number of hydrogen-bond donors (Lipinski definition) is 2.